The Balaban J connectivity index is 2.22. The van der Waals surface area contributed by atoms with E-state index in [1.54, 1.807) is 0 Å². The van der Waals surface area contributed by atoms with E-state index in [1.807, 2.05) is 42.6 Å². The third-order valence-electron chi connectivity index (χ3n) is 3.22. The van der Waals surface area contributed by atoms with E-state index in [2.05, 4.69) is 11.1 Å². The molecule has 0 aliphatic carbocycles. The Morgan fingerprint density at radius 1 is 1.11 bits per heavy atom. The van der Waals surface area contributed by atoms with Gasteiger partial charge in [-0.2, -0.15) is 0 Å². The second kappa shape index (κ2) is 4.40. The first-order chi connectivity index (χ1) is 9.16. The minimum absolute atomic E-state index is 0.319. The van der Waals surface area contributed by atoms with Gasteiger partial charge in [-0.25, -0.2) is 0 Å². The van der Waals surface area contributed by atoms with Crippen LogP contribution in [0.5, 0.6) is 0 Å². The molecule has 4 heteroatoms. The highest BCUT2D eigenvalue weighted by molar-refractivity contribution is 7.80. The molecule has 1 aromatic heterocycles. The van der Waals surface area contributed by atoms with Gasteiger partial charge in [0, 0.05) is 33.9 Å². The number of fused-ring (bicyclic) bond motifs is 1. The number of nitrogen functional groups attached to an aromatic ring is 1. The minimum Gasteiger partial charge on any atom is -0.398 e. The number of nitrogens with one attached hydrogen (secondary N) is 1. The van der Waals surface area contributed by atoms with Gasteiger partial charge in [0.1, 0.15) is 4.99 Å². The predicted molar refractivity (Wildman–Crippen MR) is 84.0 cm³/mol. The van der Waals surface area contributed by atoms with Crippen molar-refractivity contribution in [1.29, 1.82) is 0 Å². The fourth-order valence-electron chi connectivity index (χ4n) is 2.25. The maximum atomic E-state index is 5.88. The zero-order valence-corrected chi connectivity index (χ0v) is 11.0. The molecule has 5 N–H and O–H groups in total. The molecule has 0 radical (unpaired) electrons. The number of para-hydroxylation sites is 1. The normalized spacial score (nSPS) is 10.7. The first-order valence-electron chi connectivity index (χ1n) is 5.92. The summed E-state index contributed by atoms with van der Waals surface area (Å²) in [6.45, 7) is 0. The number of aromatic amines is 1. The van der Waals surface area contributed by atoms with Gasteiger partial charge < -0.3 is 16.5 Å². The zero-order chi connectivity index (χ0) is 13.4. The zero-order valence-electron chi connectivity index (χ0n) is 10.2. The number of hydrogen-bond donors (Lipinski definition) is 3. The summed E-state index contributed by atoms with van der Waals surface area (Å²) in [4.78, 5) is 3.57. The van der Waals surface area contributed by atoms with Crippen LogP contribution in [0, 0.1) is 0 Å². The molecule has 0 aliphatic rings. The van der Waals surface area contributed by atoms with Crippen molar-refractivity contribution in [2.45, 2.75) is 0 Å². The molecule has 3 nitrogen and oxygen atoms in total. The molecule has 0 fully saturated rings. The summed E-state index contributed by atoms with van der Waals surface area (Å²) < 4.78 is 0. The average Bonchev–Trinajstić information content (AvgIpc) is 2.83. The van der Waals surface area contributed by atoms with Crippen LogP contribution < -0.4 is 11.5 Å². The molecule has 0 saturated heterocycles. The standard InChI is InChI=1S/C15H13N3S/c16-13-6-5-9(7-11(13)15(17)19)12-8-18-14-4-2-1-3-10(12)14/h1-8,18H,16H2,(H2,17,19). The third kappa shape index (κ3) is 1.96. The number of anilines is 1. The minimum atomic E-state index is 0.319. The summed E-state index contributed by atoms with van der Waals surface area (Å²) in [5.41, 5.74) is 16.2. The fraction of sp³-hybridized carbons (Fsp3) is 0. The molecule has 3 rings (SSSR count). The van der Waals surface area contributed by atoms with E-state index in [0.29, 0.717) is 10.7 Å². The molecular formula is C15H13N3S. The van der Waals surface area contributed by atoms with Crippen LogP contribution in [0.2, 0.25) is 0 Å². The number of benzene rings is 2. The number of thiocarbonyl (C=S) groups is 1. The Kier molecular flexibility index (Phi) is 2.72. The largest absolute Gasteiger partial charge is 0.398 e. The molecule has 2 aromatic carbocycles. The quantitative estimate of drug-likeness (QED) is 0.494. The molecule has 0 bridgehead atoms. The van der Waals surface area contributed by atoms with Gasteiger partial charge in [0.05, 0.1) is 0 Å². The number of hydrogen-bond acceptors (Lipinski definition) is 2. The van der Waals surface area contributed by atoms with Crippen LogP contribution in [-0.2, 0) is 0 Å². The highest BCUT2D eigenvalue weighted by Gasteiger charge is 2.09. The van der Waals surface area contributed by atoms with Gasteiger partial charge >= 0.3 is 0 Å². The molecule has 3 aromatic rings. The van der Waals surface area contributed by atoms with Crippen LogP contribution in [0.25, 0.3) is 22.0 Å². The van der Waals surface area contributed by atoms with E-state index >= 15 is 0 Å². The molecule has 0 aliphatic heterocycles. The summed E-state index contributed by atoms with van der Waals surface area (Å²) in [7, 11) is 0. The lowest BCUT2D eigenvalue weighted by atomic mass is 10.0. The van der Waals surface area contributed by atoms with E-state index in [9.17, 15) is 0 Å². The number of nitrogens with two attached hydrogens (primary N) is 2. The van der Waals surface area contributed by atoms with Gasteiger partial charge in [0.15, 0.2) is 0 Å². The van der Waals surface area contributed by atoms with Crippen molar-refractivity contribution in [1.82, 2.24) is 4.98 Å². The monoisotopic (exact) mass is 267 g/mol. The topological polar surface area (TPSA) is 67.8 Å². The second-order valence-electron chi connectivity index (χ2n) is 4.41. The third-order valence-corrected chi connectivity index (χ3v) is 3.44. The van der Waals surface area contributed by atoms with Crippen LogP contribution in [-0.4, -0.2) is 9.97 Å². The van der Waals surface area contributed by atoms with Gasteiger partial charge in [-0.05, 0) is 23.8 Å². The van der Waals surface area contributed by atoms with Crippen molar-refractivity contribution in [3.05, 3.63) is 54.2 Å². The Bertz CT molecular complexity index is 774. The van der Waals surface area contributed by atoms with Crippen molar-refractivity contribution >= 4 is 33.8 Å². The molecule has 0 atom stereocenters. The average molecular weight is 267 g/mol. The molecule has 19 heavy (non-hydrogen) atoms. The van der Waals surface area contributed by atoms with Crippen LogP contribution in [0.1, 0.15) is 5.56 Å². The first kappa shape index (κ1) is 11.7. The van der Waals surface area contributed by atoms with Crippen LogP contribution in [0.15, 0.2) is 48.7 Å². The van der Waals surface area contributed by atoms with E-state index in [4.69, 9.17) is 23.7 Å². The van der Waals surface area contributed by atoms with Gasteiger partial charge in [-0.15, -0.1) is 0 Å². The Morgan fingerprint density at radius 3 is 2.68 bits per heavy atom. The maximum absolute atomic E-state index is 5.88. The summed E-state index contributed by atoms with van der Waals surface area (Å²) in [6, 6.07) is 13.9. The Morgan fingerprint density at radius 2 is 1.89 bits per heavy atom. The highest BCUT2D eigenvalue weighted by atomic mass is 32.1. The predicted octanol–water partition coefficient (Wildman–Crippen LogP) is 3.05. The van der Waals surface area contributed by atoms with E-state index in [0.717, 1.165) is 22.2 Å². The lowest BCUT2D eigenvalue weighted by Gasteiger charge is -2.07. The van der Waals surface area contributed by atoms with Crippen LogP contribution in [0.3, 0.4) is 0 Å². The number of aromatic nitrogens is 1. The Labute approximate surface area is 116 Å². The van der Waals surface area contributed by atoms with E-state index in [-0.39, 0.29) is 0 Å². The molecule has 1 heterocycles. The van der Waals surface area contributed by atoms with Gasteiger partial charge in [-0.1, -0.05) is 36.5 Å². The second-order valence-corrected chi connectivity index (χ2v) is 4.85. The summed E-state index contributed by atoms with van der Waals surface area (Å²) in [5, 5.41) is 1.17. The lowest BCUT2D eigenvalue weighted by molar-refractivity contribution is 1.47. The lowest BCUT2D eigenvalue weighted by Crippen LogP contribution is -2.12. The van der Waals surface area contributed by atoms with Crippen molar-refractivity contribution in [3.8, 4) is 11.1 Å². The van der Waals surface area contributed by atoms with Crippen LogP contribution >= 0.6 is 12.2 Å². The summed E-state index contributed by atoms with van der Waals surface area (Å²) in [6.07, 6.45) is 1.99. The van der Waals surface area contributed by atoms with Gasteiger partial charge in [-0.3, -0.25) is 0 Å². The molecule has 0 saturated carbocycles. The van der Waals surface area contributed by atoms with Crippen molar-refractivity contribution in [2.24, 2.45) is 5.73 Å². The van der Waals surface area contributed by atoms with E-state index < -0.39 is 0 Å². The molecular weight excluding hydrogens is 254 g/mol. The first-order valence-corrected chi connectivity index (χ1v) is 6.33. The smallest absolute Gasteiger partial charge is 0.106 e. The summed E-state index contributed by atoms with van der Waals surface area (Å²) in [5.74, 6) is 0. The van der Waals surface area contributed by atoms with Gasteiger partial charge in [0.25, 0.3) is 0 Å². The number of rotatable bonds is 2. The van der Waals surface area contributed by atoms with Crippen molar-refractivity contribution in [3.63, 3.8) is 0 Å². The van der Waals surface area contributed by atoms with Crippen LogP contribution in [0.4, 0.5) is 5.69 Å². The molecule has 0 amide bonds. The van der Waals surface area contributed by atoms with Crippen molar-refractivity contribution < 1.29 is 0 Å². The van der Waals surface area contributed by atoms with Gasteiger partial charge in [0.2, 0.25) is 0 Å². The Hall–Kier alpha value is -2.33. The molecule has 0 spiro atoms. The molecule has 94 valence electrons. The highest BCUT2D eigenvalue weighted by Crippen LogP contribution is 2.30. The van der Waals surface area contributed by atoms with Crippen molar-refractivity contribution in [2.75, 3.05) is 5.73 Å². The molecule has 0 unspecified atom stereocenters. The van der Waals surface area contributed by atoms with E-state index in [1.165, 1.54) is 5.39 Å². The maximum Gasteiger partial charge on any atom is 0.106 e. The number of H-pyrrole nitrogens is 1. The fourth-order valence-corrected chi connectivity index (χ4v) is 2.42. The SMILES string of the molecule is NC(=S)c1cc(-c2c[nH]c3ccccc23)ccc1N. The summed E-state index contributed by atoms with van der Waals surface area (Å²) >= 11 is 5.02.